The summed E-state index contributed by atoms with van der Waals surface area (Å²) in [6, 6.07) is 26.5. The van der Waals surface area contributed by atoms with Gasteiger partial charge in [-0.05, 0) is 41.7 Å². The molecule has 3 rings (SSSR count). The Morgan fingerprint density at radius 3 is 2.11 bits per heavy atom. The molecule has 6 heteroatoms. The van der Waals surface area contributed by atoms with Gasteiger partial charge in [-0.15, -0.1) is 0 Å². The number of aliphatic hydroxyl groups excluding tert-OH is 1. The molecule has 184 valence electrons. The van der Waals surface area contributed by atoms with Crippen molar-refractivity contribution in [1.82, 2.24) is 10.2 Å². The Balaban J connectivity index is 1.87. The molecule has 3 aromatic rings. The quantitative estimate of drug-likeness (QED) is 0.370. The summed E-state index contributed by atoms with van der Waals surface area (Å²) >= 11 is 0. The van der Waals surface area contributed by atoms with E-state index >= 15 is 0 Å². The lowest BCUT2D eigenvalue weighted by atomic mass is 10.0. The summed E-state index contributed by atoms with van der Waals surface area (Å²) in [5.41, 5.74) is 2.97. The third-order valence-electron chi connectivity index (χ3n) is 5.89. The number of benzene rings is 3. The molecule has 2 amide bonds. The lowest BCUT2D eigenvalue weighted by Gasteiger charge is -2.31. The van der Waals surface area contributed by atoms with Crippen LogP contribution in [-0.4, -0.2) is 48.1 Å². The van der Waals surface area contributed by atoms with Crippen molar-refractivity contribution in [2.24, 2.45) is 0 Å². The van der Waals surface area contributed by atoms with Crippen LogP contribution in [0.3, 0.4) is 0 Å². The number of nitrogens with one attached hydrogen (secondary N) is 1. The van der Waals surface area contributed by atoms with E-state index in [1.165, 1.54) is 0 Å². The van der Waals surface area contributed by atoms with Gasteiger partial charge in [-0.3, -0.25) is 9.59 Å². The van der Waals surface area contributed by atoms with E-state index in [4.69, 9.17) is 9.84 Å². The summed E-state index contributed by atoms with van der Waals surface area (Å²) in [6.07, 6.45) is 1.77. The van der Waals surface area contributed by atoms with Gasteiger partial charge in [0.25, 0.3) is 0 Å². The first-order chi connectivity index (χ1) is 17.1. The Kier molecular flexibility index (Phi) is 10.3. The molecule has 0 saturated heterocycles. The van der Waals surface area contributed by atoms with Crippen LogP contribution in [0.1, 0.15) is 29.5 Å². The van der Waals surface area contributed by atoms with Crippen LogP contribution in [0.25, 0.3) is 0 Å². The fraction of sp³-hybridized carbons (Fsp3) is 0.310. The minimum absolute atomic E-state index is 0.00476. The van der Waals surface area contributed by atoms with E-state index in [1.54, 1.807) is 12.0 Å². The molecule has 0 unspecified atom stereocenters. The molecule has 1 atom stereocenters. The highest BCUT2D eigenvalue weighted by Crippen LogP contribution is 2.19. The van der Waals surface area contributed by atoms with Gasteiger partial charge < -0.3 is 20.1 Å². The van der Waals surface area contributed by atoms with Gasteiger partial charge in [0.2, 0.25) is 11.8 Å². The summed E-state index contributed by atoms with van der Waals surface area (Å²) in [4.78, 5) is 28.6. The smallest absolute Gasteiger partial charge is 0.243 e. The Labute approximate surface area is 207 Å². The fourth-order valence-corrected chi connectivity index (χ4v) is 3.93. The predicted molar refractivity (Wildman–Crippen MR) is 137 cm³/mol. The number of aliphatic hydroxyl groups is 1. The second-order valence-electron chi connectivity index (χ2n) is 8.43. The molecule has 0 radical (unpaired) electrons. The number of aryl methyl sites for hydroxylation is 1. The van der Waals surface area contributed by atoms with E-state index in [-0.39, 0.29) is 18.4 Å². The summed E-state index contributed by atoms with van der Waals surface area (Å²) in [7, 11) is 1.61. The van der Waals surface area contributed by atoms with E-state index in [0.29, 0.717) is 38.8 Å². The van der Waals surface area contributed by atoms with Crippen molar-refractivity contribution >= 4 is 11.8 Å². The predicted octanol–water partition coefficient (Wildman–Crippen LogP) is 3.77. The third-order valence-corrected chi connectivity index (χ3v) is 5.89. The van der Waals surface area contributed by atoms with Gasteiger partial charge in [-0.1, -0.05) is 72.8 Å². The number of amides is 2. The standard InChI is InChI=1S/C29H34N2O4/c1-35-26-16-13-25(14-17-26)22-31(28(33)18-15-23-9-4-2-5-10-23)27(29(34)30-19-8-20-32)21-24-11-6-3-7-12-24/h2-7,9-14,16-17,27,32H,8,15,18-22H2,1H3,(H,30,34)/t27-/m1/s1. The van der Waals surface area contributed by atoms with Crippen molar-refractivity contribution in [3.63, 3.8) is 0 Å². The largest absolute Gasteiger partial charge is 0.497 e. The van der Waals surface area contributed by atoms with Crippen LogP contribution in [-0.2, 0) is 29.0 Å². The molecule has 0 fully saturated rings. The van der Waals surface area contributed by atoms with Gasteiger partial charge in [-0.2, -0.15) is 0 Å². The zero-order chi connectivity index (χ0) is 24.9. The number of carbonyl (C=O) groups excluding carboxylic acids is 2. The first-order valence-corrected chi connectivity index (χ1v) is 12.0. The number of nitrogens with zero attached hydrogens (tertiary/aromatic N) is 1. The van der Waals surface area contributed by atoms with Crippen molar-refractivity contribution in [2.45, 2.75) is 38.3 Å². The van der Waals surface area contributed by atoms with E-state index in [2.05, 4.69) is 5.32 Å². The lowest BCUT2D eigenvalue weighted by Crippen LogP contribution is -2.50. The van der Waals surface area contributed by atoms with Gasteiger partial charge in [0, 0.05) is 32.5 Å². The maximum Gasteiger partial charge on any atom is 0.243 e. The minimum atomic E-state index is -0.679. The molecule has 2 N–H and O–H groups in total. The maximum atomic E-state index is 13.6. The topological polar surface area (TPSA) is 78.9 Å². The van der Waals surface area contributed by atoms with Gasteiger partial charge in [0.05, 0.1) is 7.11 Å². The Hall–Kier alpha value is -3.64. The van der Waals surface area contributed by atoms with Crippen molar-refractivity contribution in [3.8, 4) is 5.75 Å². The Morgan fingerprint density at radius 2 is 1.51 bits per heavy atom. The SMILES string of the molecule is COc1ccc(CN(C(=O)CCc2ccccc2)[C@H](Cc2ccccc2)C(=O)NCCCO)cc1. The average Bonchev–Trinajstić information content (AvgIpc) is 2.91. The Bertz CT molecular complexity index is 1040. The maximum absolute atomic E-state index is 13.6. The number of hydrogen-bond donors (Lipinski definition) is 2. The number of carbonyl (C=O) groups is 2. The molecule has 0 aliphatic heterocycles. The van der Waals surface area contributed by atoms with Gasteiger partial charge in [-0.25, -0.2) is 0 Å². The number of ether oxygens (including phenoxy) is 1. The summed E-state index contributed by atoms with van der Waals surface area (Å²) in [5, 5.41) is 12.0. The molecular formula is C29H34N2O4. The third kappa shape index (κ3) is 8.26. The molecular weight excluding hydrogens is 440 g/mol. The second kappa shape index (κ2) is 13.9. The fourth-order valence-electron chi connectivity index (χ4n) is 3.93. The molecule has 35 heavy (non-hydrogen) atoms. The summed E-state index contributed by atoms with van der Waals surface area (Å²) in [5.74, 6) is 0.435. The van der Waals surface area contributed by atoms with Crippen LogP contribution in [0.4, 0.5) is 0 Å². The number of rotatable bonds is 13. The molecule has 0 bridgehead atoms. The second-order valence-corrected chi connectivity index (χ2v) is 8.43. The first kappa shape index (κ1) is 26.0. The molecule has 0 heterocycles. The average molecular weight is 475 g/mol. The van der Waals surface area contributed by atoms with Gasteiger partial charge in [0.1, 0.15) is 11.8 Å². The molecule has 0 aliphatic rings. The molecule has 0 spiro atoms. The van der Waals surface area contributed by atoms with E-state index < -0.39 is 6.04 Å². The normalized spacial score (nSPS) is 11.5. The van der Waals surface area contributed by atoms with Crippen LogP contribution >= 0.6 is 0 Å². The van der Waals surface area contributed by atoms with Crippen LogP contribution in [0.2, 0.25) is 0 Å². The minimum Gasteiger partial charge on any atom is -0.497 e. The van der Waals surface area contributed by atoms with E-state index in [0.717, 1.165) is 22.4 Å². The van der Waals surface area contributed by atoms with Crippen molar-refractivity contribution in [3.05, 3.63) is 102 Å². The number of hydrogen-bond acceptors (Lipinski definition) is 4. The zero-order valence-corrected chi connectivity index (χ0v) is 20.2. The van der Waals surface area contributed by atoms with Crippen LogP contribution < -0.4 is 10.1 Å². The zero-order valence-electron chi connectivity index (χ0n) is 20.2. The van der Waals surface area contributed by atoms with Gasteiger partial charge in [0.15, 0.2) is 0 Å². The first-order valence-electron chi connectivity index (χ1n) is 12.0. The summed E-state index contributed by atoms with van der Waals surface area (Å²) in [6.45, 7) is 0.660. The van der Waals surface area contributed by atoms with Crippen molar-refractivity contribution in [1.29, 1.82) is 0 Å². The van der Waals surface area contributed by atoms with Crippen molar-refractivity contribution < 1.29 is 19.4 Å². The van der Waals surface area contributed by atoms with E-state index in [1.807, 2.05) is 84.9 Å². The number of methoxy groups -OCH3 is 1. The molecule has 0 aromatic heterocycles. The molecule has 0 saturated carbocycles. The van der Waals surface area contributed by atoms with Crippen LogP contribution in [0.5, 0.6) is 5.75 Å². The Morgan fingerprint density at radius 1 is 0.886 bits per heavy atom. The lowest BCUT2D eigenvalue weighted by molar-refractivity contribution is -0.141. The molecule has 6 nitrogen and oxygen atoms in total. The highest BCUT2D eigenvalue weighted by Gasteiger charge is 2.30. The molecule has 3 aromatic carbocycles. The monoisotopic (exact) mass is 474 g/mol. The summed E-state index contributed by atoms with van der Waals surface area (Å²) < 4.78 is 5.26. The van der Waals surface area contributed by atoms with E-state index in [9.17, 15) is 9.59 Å². The van der Waals surface area contributed by atoms with Gasteiger partial charge >= 0.3 is 0 Å². The highest BCUT2D eigenvalue weighted by atomic mass is 16.5. The van der Waals surface area contributed by atoms with Crippen LogP contribution in [0, 0.1) is 0 Å². The molecule has 0 aliphatic carbocycles. The highest BCUT2D eigenvalue weighted by molar-refractivity contribution is 5.88. The van der Waals surface area contributed by atoms with Crippen molar-refractivity contribution in [2.75, 3.05) is 20.3 Å². The van der Waals surface area contributed by atoms with Crippen LogP contribution in [0.15, 0.2) is 84.9 Å².